The quantitative estimate of drug-likeness (QED) is 0.489. The first kappa shape index (κ1) is 17.9. The summed E-state index contributed by atoms with van der Waals surface area (Å²) in [6.45, 7) is 0.806. The topological polar surface area (TPSA) is 71.3 Å². The van der Waals surface area contributed by atoms with E-state index in [0.29, 0.717) is 11.6 Å². The molecule has 1 aliphatic carbocycles. The fourth-order valence-corrected chi connectivity index (χ4v) is 4.01. The van der Waals surface area contributed by atoms with E-state index >= 15 is 0 Å². The van der Waals surface area contributed by atoms with Crippen LogP contribution in [0.5, 0.6) is 0 Å². The Morgan fingerprint density at radius 3 is 2.79 bits per heavy atom. The Bertz CT molecular complexity index is 1130. The molecule has 2 N–H and O–H groups in total. The van der Waals surface area contributed by atoms with Gasteiger partial charge in [0.2, 0.25) is 0 Å². The molecule has 0 radical (unpaired) electrons. The third-order valence-electron chi connectivity index (χ3n) is 5.03. The van der Waals surface area contributed by atoms with Crippen LogP contribution in [0.4, 0.5) is 5.82 Å². The number of hydrogen-bond donors (Lipinski definition) is 2. The summed E-state index contributed by atoms with van der Waals surface area (Å²) in [5.74, 6) is 0.773. The molecule has 0 unspecified atom stereocenters. The molecular weight excluding hydrogens is 382 g/mol. The first-order valence-corrected chi connectivity index (χ1v) is 10.7. The number of carbonyl (C=O) groups is 1. The zero-order chi connectivity index (χ0) is 19.6. The van der Waals surface area contributed by atoms with Crippen molar-refractivity contribution in [1.82, 2.24) is 19.7 Å². The van der Waals surface area contributed by atoms with Crippen LogP contribution in [0.2, 0.25) is 0 Å². The highest BCUT2D eigenvalue weighted by molar-refractivity contribution is 7.09. The second kappa shape index (κ2) is 7.67. The molecule has 0 bridgehead atoms. The minimum atomic E-state index is -0.00128. The zero-order valence-corrected chi connectivity index (χ0v) is 16.7. The van der Waals surface area contributed by atoms with Crippen LogP contribution in [-0.2, 0) is 6.42 Å². The summed E-state index contributed by atoms with van der Waals surface area (Å²) in [5.41, 5.74) is 3.46. The van der Waals surface area contributed by atoms with E-state index in [1.54, 1.807) is 17.5 Å². The lowest BCUT2D eigenvalue weighted by atomic mass is 10.1. The highest BCUT2D eigenvalue weighted by atomic mass is 32.1. The fourth-order valence-electron chi connectivity index (χ4n) is 3.31. The number of thiophene rings is 1. The summed E-state index contributed by atoms with van der Waals surface area (Å²) in [6, 6.07) is 12.2. The van der Waals surface area contributed by atoms with Gasteiger partial charge in [-0.05, 0) is 42.8 Å². The van der Waals surface area contributed by atoms with Crippen LogP contribution >= 0.6 is 11.3 Å². The van der Waals surface area contributed by atoms with Crippen molar-refractivity contribution in [1.29, 1.82) is 0 Å². The van der Waals surface area contributed by atoms with Crippen molar-refractivity contribution in [2.75, 3.05) is 11.9 Å². The summed E-state index contributed by atoms with van der Waals surface area (Å²) in [7, 11) is 0. The van der Waals surface area contributed by atoms with Gasteiger partial charge in [0.15, 0.2) is 11.5 Å². The maximum Gasteiger partial charge on any atom is 0.251 e. The summed E-state index contributed by atoms with van der Waals surface area (Å²) < 4.78 is 2.03. The van der Waals surface area contributed by atoms with E-state index in [1.807, 2.05) is 41.1 Å². The van der Waals surface area contributed by atoms with Crippen LogP contribution in [-0.4, -0.2) is 32.9 Å². The van der Waals surface area contributed by atoms with Gasteiger partial charge in [-0.2, -0.15) is 0 Å². The van der Waals surface area contributed by atoms with Gasteiger partial charge >= 0.3 is 0 Å². The number of fused-ring (bicyclic) bond motifs is 1. The molecule has 3 aromatic heterocycles. The molecule has 1 saturated carbocycles. The standard InChI is InChI=1S/C22H21N5OS/c28-22(26-17-7-8-17)16-5-3-15(4-6-16)19-14-25-21-20(24-11-12-27(19)21)23-10-9-18-2-1-13-29-18/h1-6,11-14,17H,7-10H2,(H,23,24)(H,26,28). The fraction of sp³-hybridized carbons (Fsp3) is 0.227. The Hall–Kier alpha value is -3.19. The number of rotatable bonds is 7. The minimum absolute atomic E-state index is 0.00128. The largest absolute Gasteiger partial charge is 0.367 e. The van der Waals surface area contributed by atoms with E-state index in [9.17, 15) is 4.79 Å². The van der Waals surface area contributed by atoms with E-state index in [4.69, 9.17) is 0 Å². The van der Waals surface area contributed by atoms with Crippen molar-refractivity contribution in [3.8, 4) is 11.3 Å². The van der Waals surface area contributed by atoms with Crippen LogP contribution in [0, 0.1) is 0 Å². The summed E-state index contributed by atoms with van der Waals surface area (Å²) in [6.07, 6.45) is 8.67. The van der Waals surface area contributed by atoms with E-state index in [-0.39, 0.29) is 5.91 Å². The van der Waals surface area contributed by atoms with Gasteiger partial charge < -0.3 is 10.6 Å². The van der Waals surface area contributed by atoms with Crippen LogP contribution in [0.3, 0.4) is 0 Å². The third kappa shape index (κ3) is 3.86. The molecule has 5 rings (SSSR count). The molecule has 1 amide bonds. The Labute approximate surface area is 172 Å². The molecule has 1 aromatic carbocycles. The smallest absolute Gasteiger partial charge is 0.251 e. The van der Waals surface area contributed by atoms with Gasteiger partial charge in [0.25, 0.3) is 5.91 Å². The average Bonchev–Trinajstić information content (AvgIpc) is 3.23. The van der Waals surface area contributed by atoms with Gasteiger partial charge in [-0.3, -0.25) is 9.20 Å². The molecule has 29 heavy (non-hydrogen) atoms. The first-order valence-electron chi connectivity index (χ1n) is 9.77. The van der Waals surface area contributed by atoms with Crippen LogP contribution in [0.25, 0.3) is 16.9 Å². The van der Waals surface area contributed by atoms with Crippen molar-refractivity contribution in [2.24, 2.45) is 0 Å². The highest BCUT2D eigenvalue weighted by Gasteiger charge is 2.23. The lowest BCUT2D eigenvalue weighted by Crippen LogP contribution is -2.25. The molecule has 3 heterocycles. The number of amides is 1. The second-order valence-electron chi connectivity index (χ2n) is 7.19. The molecule has 0 atom stereocenters. The molecular formula is C22H21N5OS. The normalized spacial score (nSPS) is 13.5. The summed E-state index contributed by atoms with van der Waals surface area (Å²) >= 11 is 1.76. The van der Waals surface area contributed by atoms with E-state index in [2.05, 4.69) is 38.1 Å². The predicted octanol–water partition coefficient (Wildman–Crippen LogP) is 4.00. The number of carbonyl (C=O) groups excluding carboxylic acids is 1. The molecule has 7 heteroatoms. The van der Waals surface area contributed by atoms with Crippen LogP contribution in [0.1, 0.15) is 28.1 Å². The van der Waals surface area contributed by atoms with Crippen LogP contribution in [0.15, 0.2) is 60.4 Å². The number of benzene rings is 1. The number of aromatic nitrogens is 3. The molecule has 4 aromatic rings. The average molecular weight is 404 g/mol. The number of anilines is 1. The Balaban J connectivity index is 1.34. The van der Waals surface area contributed by atoms with E-state index in [1.165, 1.54) is 4.88 Å². The first-order chi connectivity index (χ1) is 14.3. The van der Waals surface area contributed by atoms with Crippen molar-refractivity contribution >= 4 is 28.7 Å². The van der Waals surface area contributed by atoms with Gasteiger partial charge in [0, 0.05) is 41.0 Å². The molecule has 0 spiro atoms. The van der Waals surface area contributed by atoms with Crippen molar-refractivity contribution < 1.29 is 4.79 Å². The molecule has 6 nitrogen and oxygen atoms in total. The van der Waals surface area contributed by atoms with Gasteiger partial charge in [-0.1, -0.05) is 18.2 Å². The maximum absolute atomic E-state index is 12.2. The Morgan fingerprint density at radius 2 is 2.03 bits per heavy atom. The van der Waals surface area contributed by atoms with Crippen molar-refractivity contribution in [3.63, 3.8) is 0 Å². The molecule has 0 saturated heterocycles. The summed E-state index contributed by atoms with van der Waals surface area (Å²) in [4.78, 5) is 22.6. The zero-order valence-electron chi connectivity index (χ0n) is 15.8. The molecule has 146 valence electrons. The number of nitrogens with zero attached hydrogens (tertiary/aromatic N) is 3. The lowest BCUT2D eigenvalue weighted by molar-refractivity contribution is 0.0951. The monoisotopic (exact) mass is 403 g/mol. The highest BCUT2D eigenvalue weighted by Crippen LogP contribution is 2.24. The Morgan fingerprint density at radius 1 is 1.17 bits per heavy atom. The van der Waals surface area contributed by atoms with Crippen LogP contribution < -0.4 is 10.6 Å². The summed E-state index contributed by atoms with van der Waals surface area (Å²) in [5, 5.41) is 8.51. The Kier molecular flexibility index (Phi) is 4.73. The minimum Gasteiger partial charge on any atom is -0.367 e. The van der Waals surface area contributed by atoms with E-state index in [0.717, 1.165) is 48.5 Å². The van der Waals surface area contributed by atoms with E-state index < -0.39 is 0 Å². The predicted molar refractivity (Wildman–Crippen MR) is 115 cm³/mol. The number of hydrogen-bond acceptors (Lipinski definition) is 5. The lowest BCUT2D eigenvalue weighted by Gasteiger charge is -2.08. The van der Waals surface area contributed by atoms with Gasteiger partial charge in [-0.15, -0.1) is 11.3 Å². The SMILES string of the molecule is O=C(NC1CC1)c1ccc(-c2cnc3c(NCCc4cccs4)nccn23)cc1. The molecule has 1 aliphatic rings. The molecule has 1 fully saturated rings. The van der Waals surface area contributed by atoms with Gasteiger partial charge in [0.05, 0.1) is 11.9 Å². The third-order valence-corrected chi connectivity index (χ3v) is 5.96. The molecule has 0 aliphatic heterocycles. The van der Waals surface area contributed by atoms with Gasteiger partial charge in [-0.25, -0.2) is 9.97 Å². The van der Waals surface area contributed by atoms with Gasteiger partial charge in [0.1, 0.15) is 0 Å². The number of nitrogens with one attached hydrogen (secondary N) is 2. The maximum atomic E-state index is 12.2. The number of imidazole rings is 1. The van der Waals surface area contributed by atoms with Crippen molar-refractivity contribution in [3.05, 3.63) is 70.8 Å². The second-order valence-corrected chi connectivity index (χ2v) is 8.23. The van der Waals surface area contributed by atoms with Crippen molar-refractivity contribution in [2.45, 2.75) is 25.3 Å².